The van der Waals surface area contributed by atoms with Crippen LogP contribution in [0.5, 0.6) is 0 Å². The van der Waals surface area contributed by atoms with Crippen LogP contribution in [0.25, 0.3) is 0 Å². The summed E-state index contributed by atoms with van der Waals surface area (Å²) in [5, 5.41) is 0. The van der Waals surface area contributed by atoms with Crippen LogP contribution in [0.1, 0.15) is 35.0 Å². The number of rotatable bonds is 9. The highest BCUT2D eigenvalue weighted by molar-refractivity contribution is 5.25. The monoisotopic (exact) mass is 362 g/mol. The first-order valence-electron chi connectivity index (χ1n) is 9.15. The predicted octanol–water partition coefficient (Wildman–Crippen LogP) is 5.52. The van der Waals surface area contributed by atoms with Crippen molar-refractivity contribution in [1.29, 1.82) is 0 Å². The van der Waals surface area contributed by atoms with Crippen LogP contribution < -0.4 is 0 Å². The molecule has 0 amide bonds. The van der Waals surface area contributed by atoms with E-state index in [4.69, 9.17) is 14.2 Å². The minimum atomic E-state index is -0.236. The van der Waals surface area contributed by atoms with E-state index in [2.05, 4.69) is 36.4 Å². The Bertz CT molecular complexity index is 774. The summed E-state index contributed by atoms with van der Waals surface area (Å²) in [4.78, 5) is 0. The largest absolute Gasteiger partial charge is 0.374 e. The van der Waals surface area contributed by atoms with Crippen molar-refractivity contribution in [1.82, 2.24) is 0 Å². The fourth-order valence-corrected chi connectivity index (χ4v) is 3.24. The van der Waals surface area contributed by atoms with E-state index in [1.54, 1.807) is 14.2 Å². The molecule has 0 aliphatic rings. The molecule has 0 heterocycles. The van der Waals surface area contributed by atoms with Crippen LogP contribution in [0, 0.1) is 0 Å². The second-order valence-corrected chi connectivity index (χ2v) is 6.37. The van der Waals surface area contributed by atoms with E-state index < -0.39 is 0 Å². The Balaban J connectivity index is 1.84. The lowest BCUT2D eigenvalue weighted by molar-refractivity contribution is -0.0913. The van der Waals surface area contributed by atoms with Crippen LogP contribution >= 0.6 is 0 Å². The predicted molar refractivity (Wildman–Crippen MR) is 108 cm³/mol. The lowest BCUT2D eigenvalue weighted by atomic mass is 9.98. The summed E-state index contributed by atoms with van der Waals surface area (Å²) in [6.45, 7) is 0.437. The van der Waals surface area contributed by atoms with Gasteiger partial charge in [-0.3, -0.25) is 0 Å². The van der Waals surface area contributed by atoms with Gasteiger partial charge in [0.05, 0.1) is 6.61 Å². The summed E-state index contributed by atoms with van der Waals surface area (Å²) in [5.74, 6) is 0. The topological polar surface area (TPSA) is 27.7 Å². The van der Waals surface area contributed by atoms with Gasteiger partial charge >= 0.3 is 0 Å². The molecule has 0 N–H and O–H groups in total. The molecule has 0 bridgehead atoms. The van der Waals surface area contributed by atoms with Crippen LogP contribution in [0.4, 0.5) is 0 Å². The third kappa shape index (κ3) is 5.04. The van der Waals surface area contributed by atoms with Crippen LogP contribution in [0.15, 0.2) is 91.0 Å². The Morgan fingerprint density at radius 3 is 1.44 bits per heavy atom. The summed E-state index contributed by atoms with van der Waals surface area (Å²) < 4.78 is 17.9. The Morgan fingerprint density at radius 1 is 0.556 bits per heavy atom. The van der Waals surface area contributed by atoms with Crippen molar-refractivity contribution in [2.75, 3.05) is 20.8 Å². The molecule has 0 aliphatic carbocycles. The van der Waals surface area contributed by atoms with E-state index in [9.17, 15) is 0 Å². The summed E-state index contributed by atoms with van der Waals surface area (Å²) >= 11 is 0. The molecule has 3 aromatic carbocycles. The molecule has 3 rings (SSSR count). The van der Waals surface area contributed by atoms with Crippen molar-refractivity contribution < 1.29 is 14.2 Å². The maximum atomic E-state index is 6.39. The highest BCUT2D eigenvalue weighted by atomic mass is 16.6. The minimum absolute atomic E-state index is 0.134. The van der Waals surface area contributed by atoms with Gasteiger partial charge in [0.2, 0.25) is 0 Å². The third-order valence-electron chi connectivity index (χ3n) is 4.67. The van der Waals surface area contributed by atoms with E-state index in [0.717, 1.165) is 16.7 Å². The fraction of sp³-hybridized carbons (Fsp3) is 0.250. The van der Waals surface area contributed by atoms with Crippen LogP contribution in [-0.4, -0.2) is 20.8 Å². The van der Waals surface area contributed by atoms with E-state index in [1.807, 2.05) is 54.6 Å². The van der Waals surface area contributed by atoms with Gasteiger partial charge in [-0.1, -0.05) is 91.0 Å². The highest BCUT2D eigenvalue weighted by Gasteiger charge is 2.27. The average Bonchev–Trinajstić information content (AvgIpc) is 2.75. The van der Waals surface area contributed by atoms with Gasteiger partial charge in [0.15, 0.2) is 0 Å². The van der Waals surface area contributed by atoms with Gasteiger partial charge in [0.25, 0.3) is 0 Å². The molecule has 3 heteroatoms. The first kappa shape index (κ1) is 19.3. The summed E-state index contributed by atoms with van der Waals surface area (Å²) in [6.07, 6.45) is -0.576. The molecule has 0 aromatic heterocycles. The third-order valence-corrected chi connectivity index (χ3v) is 4.67. The van der Waals surface area contributed by atoms with Gasteiger partial charge in [0.1, 0.15) is 18.3 Å². The second-order valence-electron chi connectivity index (χ2n) is 6.37. The normalized spacial score (nSPS) is 14.4. The molecular formula is C24H26O3. The van der Waals surface area contributed by atoms with Gasteiger partial charge in [-0.05, 0) is 16.7 Å². The van der Waals surface area contributed by atoms with Crippen molar-refractivity contribution in [2.24, 2.45) is 0 Å². The fourth-order valence-electron chi connectivity index (χ4n) is 3.24. The molecule has 0 radical (unpaired) electrons. The SMILES string of the molecule is CO[C@H](c1ccccc1)[C@H](OC[C@@H](OC)c1ccccc1)c1ccccc1. The summed E-state index contributed by atoms with van der Waals surface area (Å²) in [5.41, 5.74) is 3.26. The maximum absolute atomic E-state index is 6.39. The van der Waals surface area contributed by atoms with Gasteiger partial charge in [0, 0.05) is 14.2 Å². The number of hydrogen-bond acceptors (Lipinski definition) is 3. The molecule has 27 heavy (non-hydrogen) atoms. The number of hydrogen-bond donors (Lipinski definition) is 0. The van der Waals surface area contributed by atoms with Crippen molar-refractivity contribution in [3.8, 4) is 0 Å². The quantitative estimate of drug-likeness (QED) is 0.502. The molecular weight excluding hydrogens is 336 g/mol. The molecule has 0 saturated carbocycles. The minimum Gasteiger partial charge on any atom is -0.374 e. The van der Waals surface area contributed by atoms with Crippen molar-refractivity contribution in [2.45, 2.75) is 18.3 Å². The zero-order valence-electron chi connectivity index (χ0n) is 15.8. The van der Waals surface area contributed by atoms with Crippen molar-refractivity contribution in [3.63, 3.8) is 0 Å². The highest BCUT2D eigenvalue weighted by Crippen LogP contribution is 2.35. The molecule has 0 aliphatic heterocycles. The Morgan fingerprint density at radius 2 is 1.00 bits per heavy atom. The molecule has 0 unspecified atom stereocenters. The van der Waals surface area contributed by atoms with Crippen molar-refractivity contribution in [3.05, 3.63) is 108 Å². The number of methoxy groups -OCH3 is 2. The first-order valence-corrected chi connectivity index (χ1v) is 9.15. The smallest absolute Gasteiger partial charge is 0.113 e. The van der Waals surface area contributed by atoms with Gasteiger partial charge in [-0.25, -0.2) is 0 Å². The first-order chi connectivity index (χ1) is 13.3. The van der Waals surface area contributed by atoms with Crippen LogP contribution in [0.2, 0.25) is 0 Å². The van der Waals surface area contributed by atoms with E-state index in [1.165, 1.54) is 0 Å². The maximum Gasteiger partial charge on any atom is 0.113 e. The molecule has 0 fully saturated rings. The van der Waals surface area contributed by atoms with E-state index >= 15 is 0 Å². The summed E-state index contributed by atoms with van der Waals surface area (Å²) in [6, 6.07) is 30.5. The molecule has 140 valence electrons. The molecule has 0 spiro atoms. The average molecular weight is 362 g/mol. The Hall–Kier alpha value is -2.46. The van der Waals surface area contributed by atoms with E-state index in [-0.39, 0.29) is 18.3 Å². The Labute approximate surface area is 161 Å². The zero-order valence-corrected chi connectivity index (χ0v) is 15.8. The molecule has 0 saturated heterocycles. The number of ether oxygens (including phenoxy) is 3. The van der Waals surface area contributed by atoms with Gasteiger partial charge in [-0.15, -0.1) is 0 Å². The standard InChI is InChI=1S/C24H26O3/c1-25-22(19-12-6-3-7-13-19)18-27-24(21-16-10-5-11-17-21)23(26-2)20-14-8-4-9-15-20/h3-17,22-24H,18H2,1-2H3/t22-,23-,24-/m1/s1. The lowest BCUT2D eigenvalue weighted by Crippen LogP contribution is -2.20. The Kier molecular flexibility index (Phi) is 7.17. The van der Waals surface area contributed by atoms with Crippen molar-refractivity contribution >= 4 is 0 Å². The molecule has 3 atom stereocenters. The molecule has 3 nitrogen and oxygen atoms in total. The summed E-state index contributed by atoms with van der Waals surface area (Å²) in [7, 11) is 3.44. The van der Waals surface area contributed by atoms with Gasteiger partial charge in [-0.2, -0.15) is 0 Å². The number of benzene rings is 3. The van der Waals surface area contributed by atoms with Crippen LogP contribution in [-0.2, 0) is 14.2 Å². The second kappa shape index (κ2) is 10.0. The van der Waals surface area contributed by atoms with E-state index in [0.29, 0.717) is 6.61 Å². The van der Waals surface area contributed by atoms with Gasteiger partial charge < -0.3 is 14.2 Å². The lowest BCUT2D eigenvalue weighted by Gasteiger charge is -2.29. The molecule has 3 aromatic rings. The van der Waals surface area contributed by atoms with Crippen LogP contribution in [0.3, 0.4) is 0 Å². The zero-order chi connectivity index (χ0) is 18.9.